The molecular formula is C11H12N6O2. The molecule has 0 aliphatic heterocycles. The highest BCUT2D eigenvalue weighted by Crippen LogP contribution is 2.15. The zero-order valence-electron chi connectivity index (χ0n) is 10.5. The molecule has 0 fully saturated rings. The van der Waals surface area contributed by atoms with Gasteiger partial charge in [-0.2, -0.15) is 4.98 Å². The van der Waals surface area contributed by atoms with Crippen molar-refractivity contribution in [3.63, 3.8) is 0 Å². The maximum absolute atomic E-state index is 5.32. The molecule has 8 nitrogen and oxygen atoms in total. The normalized spacial score (nSPS) is 10.8. The third-order valence-corrected chi connectivity index (χ3v) is 2.53. The Balaban J connectivity index is 1.70. The van der Waals surface area contributed by atoms with Crippen molar-refractivity contribution in [1.82, 2.24) is 24.7 Å². The van der Waals surface area contributed by atoms with Crippen LogP contribution in [0.2, 0.25) is 0 Å². The molecule has 0 atom stereocenters. The minimum absolute atomic E-state index is 0.312. The Bertz CT molecular complexity index is 683. The van der Waals surface area contributed by atoms with Gasteiger partial charge in [-0.3, -0.25) is 0 Å². The summed E-state index contributed by atoms with van der Waals surface area (Å²) in [6.07, 6.45) is 5.14. The van der Waals surface area contributed by atoms with Crippen LogP contribution >= 0.6 is 0 Å². The monoisotopic (exact) mass is 260 g/mol. The van der Waals surface area contributed by atoms with E-state index in [4.69, 9.17) is 8.94 Å². The summed E-state index contributed by atoms with van der Waals surface area (Å²) in [7, 11) is 1.86. The molecule has 0 radical (unpaired) electrons. The number of nitrogens with one attached hydrogen (secondary N) is 1. The molecule has 98 valence electrons. The van der Waals surface area contributed by atoms with Crippen molar-refractivity contribution in [3.8, 4) is 11.6 Å². The fourth-order valence-electron chi connectivity index (χ4n) is 1.62. The fourth-order valence-corrected chi connectivity index (χ4v) is 1.62. The van der Waals surface area contributed by atoms with E-state index in [0.29, 0.717) is 35.9 Å². The largest absolute Gasteiger partial charge is 0.444 e. The van der Waals surface area contributed by atoms with Gasteiger partial charge in [0.2, 0.25) is 5.82 Å². The zero-order valence-corrected chi connectivity index (χ0v) is 10.5. The number of rotatable bonds is 4. The van der Waals surface area contributed by atoms with Crippen molar-refractivity contribution in [3.05, 3.63) is 30.2 Å². The molecule has 0 aliphatic rings. The number of hydrogen-bond donors (Lipinski definition) is 1. The van der Waals surface area contributed by atoms with Crippen LogP contribution in [0.15, 0.2) is 27.5 Å². The highest BCUT2D eigenvalue weighted by Gasteiger charge is 2.12. The molecule has 0 bridgehead atoms. The van der Waals surface area contributed by atoms with Crippen LogP contribution in [0.25, 0.3) is 11.6 Å². The van der Waals surface area contributed by atoms with Gasteiger partial charge in [-0.1, -0.05) is 5.16 Å². The third-order valence-electron chi connectivity index (χ3n) is 2.53. The minimum atomic E-state index is 0.312. The lowest BCUT2D eigenvalue weighted by atomic mass is 10.5. The number of hydrogen-bond acceptors (Lipinski definition) is 7. The van der Waals surface area contributed by atoms with Gasteiger partial charge in [-0.05, 0) is 0 Å². The standard InChI is InChI=1S/C11H12N6O2/c1-7-13-5-8(18-7)6-14-11-15-9(16-19-11)10-12-3-4-17(10)2/h3-5H,6H2,1-2H3,(H,14,15,16). The quantitative estimate of drug-likeness (QED) is 0.757. The molecule has 3 heterocycles. The predicted octanol–water partition coefficient (Wildman–Crippen LogP) is 1.38. The second-order valence-electron chi connectivity index (χ2n) is 3.98. The Hall–Kier alpha value is -2.64. The van der Waals surface area contributed by atoms with Crippen LogP contribution in [0.5, 0.6) is 0 Å². The van der Waals surface area contributed by atoms with E-state index in [0.717, 1.165) is 0 Å². The van der Waals surface area contributed by atoms with Crippen molar-refractivity contribution in [1.29, 1.82) is 0 Å². The number of anilines is 1. The van der Waals surface area contributed by atoms with Crippen LogP contribution in [0.3, 0.4) is 0 Å². The molecular weight excluding hydrogens is 248 g/mol. The van der Waals surface area contributed by atoms with Crippen molar-refractivity contribution in [2.75, 3.05) is 5.32 Å². The first-order chi connectivity index (χ1) is 9.22. The van der Waals surface area contributed by atoms with Gasteiger partial charge in [0, 0.05) is 26.4 Å². The van der Waals surface area contributed by atoms with Crippen molar-refractivity contribution < 1.29 is 8.94 Å². The highest BCUT2D eigenvalue weighted by atomic mass is 16.5. The van der Waals surface area contributed by atoms with Gasteiger partial charge in [0.15, 0.2) is 11.7 Å². The minimum Gasteiger partial charge on any atom is -0.444 e. The zero-order chi connectivity index (χ0) is 13.2. The van der Waals surface area contributed by atoms with E-state index in [1.807, 2.05) is 17.8 Å². The molecule has 0 saturated heterocycles. The van der Waals surface area contributed by atoms with Crippen LogP contribution in [-0.4, -0.2) is 24.7 Å². The number of aryl methyl sites for hydroxylation is 2. The predicted molar refractivity (Wildman–Crippen MR) is 65.1 cm³/mol. The smallest absolute Gasteiger partial charge is 0.322 e. The average Bonchev–Trinajstić information content (AvgIpc) is 3.07. The molecule has 0 aliphatic carbocycles. The molecule has 3 aromatic rings. The van der Waals surface area contributed by atoms with Crippen molar-refractivity contribution in [2.24, 2.45) is 7.05 Å². The van der Waals surface area contributed by atoms with Crippen molar-refractivity contribution in [2.45, 2.75) is 13.5 Å². The topological polar surface area (TPSA) is 94.8 Å². The number of aromatic nitrogens is 5. The summed E-state index contributed by atoms with van der Waals surface area (Å²) >= 11 is 0. The van der Waals surface area contributed by atoms with Crippen LogP contribution in [0, 0.1) is 6.92 Å². The summed E-state index contributed by atoms with van der Waals surface area (Å²) in [5, 5.41) is 6.82. The van der Waals surface area contributed by atoms with Gasteiger partial charge in [0.1, 0.15) is 5.76 Å². The first-order valence-electron chi connectivity index (χ1n) is 5.69. The number of oxazole rings is 1. The second kappa shape index (κ2) is 4.56. The average molecular weight is 260 g/mol. The molecule has 3 aromatic heterocycles. The summed E-state index contributed by atoms with van der Waals surface area (Å²) in [6, 6.07) is 0.312. The lowest BCUT2D eigenvalue weighted by Crippen LogP contribution is -1.98. The van der Waals surface area contributed by atoms with Gasteiger partial charge in [0.05, 0.1) is 12.7 Å². The van der Waals surface area contributed by atoms with Gasteiger partial charge < -0.3 is 18.8 Å². The molecule has 8 heteroatoms. The number of nitrogens with zero attached hydrogens (tertiary/aromatic N) is 5. The first kappa shape index (κ1) is 11.5. The Morgan fingerprint density at radius 1 is 1.37 bits per heavy atom. The van der Waals surface area contributed by atoms with Gasteiger partial charge in [-0.15, -0.1) is 0 Å². The van der Waals surface area contributed by atoms with Gasteiger partial charge in [0.25, 0.3) is 0 Å². The first-order valence-corrected chi connectivity index (χ1v) is 5.69. The van der Waals surface area contributed by atoms with E-state index in [1.54, 1.807) is 19.3 Å². The molecule has 19 heavy (non-hydrogen) atoms. The Labute approximate surface area is 108 Å². The summed E-state index contributed by atoms with van der Waals surface area (Å²) in [5.41, 5.74) is 0. The molecule has 0 unspecified atom stereocenters. The highest BCUT2D eigenvalue weighted by molar-refractivity contribution is 5.44. The molecule has 0 amide bonds. The lowest BCUT2D eigenvalue weighted by molar-refractivity contribution is 0.426. The van der Waals surface area contributed by atoms with Crippen LogP contribution in [-0.2, 0) is 13.6 Å². The Kier molecular flexibility index (Phi) is 2.75. The van der Waals surface area contributed by atoms with E-state index in [9.17, 15) is 0 Å². The van der Waals surface area contributed by atoms with E-state index < -0.39 is 0 Å². The summed E-state index contributed by atoms with van der Waals surface area (Å²) in [6.45, 7) is 2.22. The molecule has 3 rings (SSSR count). The summed E-state index contributed by atoms with van der Waals surface area (Å²) in [4.78, 5) is 12.3. The van der Waals surface area contributed by atoms with E-state index in [-0.39, 0.29) is 0 Å². The molecule has 0 aromatic carbocycles. The maximum atomic E-state index is 5.32. The lowest BCUT2D eigenvalue weighted by Gasteiger charge is -1.95. The van der Waals surface area contributed by atoms with Gasteiger partial charge in [-0.25, -0.2) is 9.97 Å². The fraction of sp³-hybridized carbons (Fsp3) is 0.273. The van der Waals surface area contributed by atoms with E-state index in [1.165, 1.54) is 0 Å². The van der Waals surface area contributed by atoms with E-state index >= 15 is 0 Å². The van der Waals surface area contributed by atoms with Crippen LogP contribution in [0.1, 0.15) is 11.7 Å². The Morgan fingerprint density at radius 2 is 2.26 bits per heavy atom. The molecule has 1 N–H and O–H groups in total. The number of imidazole rings is 1. The molecule has 0 spiro atoms. The van der Waals surface area contributed by atoms with Gasteiger partial charge >= 0.3 is 6.01 Å². The Morgan fingerprint density at radius 3 is 2.95 bits per heavy atom. The maximum Gasteiger partial charge on any atom is 0.322 e. The third kappa shape index (κ3) is 2.32. The summed E-state index contributed by atoms with van der Waals surface area (Å²) < 4.78 is 12.2. The van der Waals surface area contributed by atoms with Crippen molar-refractivity contribution >= 4 is 6.01 Å². The van der Waals surface area contributed by atoms with Crippen LogP contribution < -0.4 is 5.32 Å². The summed E-state index contributed by atoms with van der Waals surface area (Å²) in [5.74, 6) is 2.40. The van der Waals surface area contributed by atoms with Crippen LogP contribution in [0.4, 0.5) is 6.01 Å². The van der Waals surface area contributed by atoms with E-state index in [2.05, 4.69) is 25.4 Å². The second-order valence-corrected chi connectivity index (χ2v) is 3.98. The molecule has 0 saturated carbocycles. The SMILES string of the molecule is Cc1ncc(CNc2nc(-c3nccn3C)no2)o1.